The lowest BCUT2D eigenvalue weighted by Crippen LogP contribution is -2.24. The van der Waals surface area contributed by atoms with Crippen LogP contribution in [0.25, 0.3) is 0 Å². The van der Waals surface area contributed by atoms with Gasteiger partial charge in [0.05, 0.1) is 17.9 Å². The van der Waals surface area contributed by atoms with Gasteiger partial charge in [-0.1, -0.05) is 30.3 Å². The van der Waals surface area contributed by atoms with Crippen LogP contribution in [0.1, 0.15) is 34.1 Å². The molecule has 7 heteroatoms. The number of benzene rings is 1. The van der Waals surface area contributed by atoms with Crippen molar-refractivity contribution in [2.24, 2.45) is 0 Å². The molecule has 0 aliphatic rings. The van der Waals surface area contributed by atoms with Gasteiger partial charge in [-0.3, -0.25) is 4.79 Å². The zero-order chi connectivity index (χ0) is 20.5. The molecule has 3 N–H and O–H groups in total. The highest BCUT2D eigenvalue weighted by atomic mass is 16.5. The van der Waals surface area contributed by atoms with Crippen LogP contribution >= 0.6 is 0 Å². The molecule has 1 amide bonds. The molecular formula is C22H24N4O3. The number of hydrogen-bond acceptors (Lipinski definition) is 6. The molecule has 0 fully saturated rings. The fourth-order valence-corrected chi connectivity index (χ4v) is 2.62. The van der Waals surface area contributed by atoms with Crippen molar-refractivity contribution in [2.45, 2.75) is 26.7 Å². The molecule has 3 rings (SSSR count). The Kier molecular flexibility index (Phi) is 7.13. The minimum absolute atomic E-state index is 0.196. The Morgan fingerprint density at radius 1 is 1.03 bits per heavy atom. The van der Waals surface area contributed by atoms with Gasteiger partial charge in [0, 0.05) is 25.4 Å². The molecule has 0 aliphatic carbocycles. The SMILES string of the molecule is CCOCc1ccc(C(=O)NCc2ccc(COc3ccccn3)cc2)c(N)n1. The average molecular weight is 392 g/mol. The summed E-state index contributed by atoms with van der Waals surface area (Å²) in [6, 6.07) is 16.8. The summed E-state index contributed by atoms with van der Waals surface area (Å²) in [7, 11) is 0. The van der Waals surface area contributed by atoms with Crippen molar-refractivity contribution in [1.82, 2.24) is 15.3 Å². The second-order valence-electron chi connectivity index (χ2n) is 6.33. The number of nitrogens with zero attached hydrogens (tertiary/aromatic N) is 2. The van der Waals surface area contributed by atoms with Crippen molar-refractivity contribution in [3.8, 4) is 5.88 Å². The predicted molar refractivity (Wildman–Crippen MR) is 110 cm³/mol. The van der Waals surface area contributed by atoms with Crippen LogP contribution in [-0.4, -0.2) is 22.5 Å². The van der Waals surface area contributed by atoms with Crippen LogP contribution in [0, 0.1) is 0 Å². The summed E-state index contributed by atoms with van der Waals surface area (Å²) in [5.74, 6) is 0.518. The molecular weight excluding hydrogens is 368 g/mol. The molecule has 0 bridgehead atoms. The number of rotatable bonds is 9. The minimum Gasteiger partial charge on any atom is -0.473 e. The van der Waals surface area contributed by atoms with Crippen LogP contribution in [0.3, 0.4) is 0 Å². The van der Waals surface area contributed by atoms with Gasteiger partial charge in [-0.15, -0.1) is 0 Å². The van der Waals surface area contributed by atoms with Gasteiger partial charge in [-0.25, -0.2) is 9.97 Å². The van der Waals surface area contributed by atoms with Gasteiger partial charge >= 0.3 is 0 Å². The zero-order valence-corrected chi connectivity index (χ0v) is 16.3. The Bertz CT molecular complexity index is 931. The summed E-state index contributed by atoms with van der Waals surface area (Å²) in [5, 5.41) is 2.86. The summed E-state index contributed by atoms with van der Waals surface area (Å²) in [6.07, 6.45) is 1.69. The Morgan fingerprint density at radius 3 is 2.52 bits per heavy atom. The summed E-state index contributed by atoms with van der Waals surface area (Å²) in [4.78, 5) is 20.7. The third-order valence-electron chi connectivity index (χ3n) is 4.18. The van der Waals surface area contributed by atoms with Crippen molar-refractivity contribution >= 4 is 11.7 Å². The van der Waals surface area contributed by atoms with Gasteiger partial charge in [0.25, 0.3) is 5.91 Å². The lowest BCUT2D eigenvalue weighted by atomic mass is 10.1. The molecule has 0 spiro atoms. The van der Waals surface area contributed by atoms with Crippen LogP contribution in [0.4, 0.5) is 5.82 Å². The molecule has 29 heavy (non-hydrogen) atoms. The van der Waals surface area contributed by atoms with Gasteiger partial charge in [0.2, 0.25) is 5.88 Å². The molecule has 150 valence electrons. The molecule has 3 aromatic rings. The maximum atomic E-state index is 12.4. The number of ether oxygens (including phenoxy) is 2. The highest BCUT2D eigenvalue weighted by Crippen LogP contribution is 2.12. The second-order valence-corrected chi connectivity index (χ2v) is 6.33. The quantitative estimate of drug-likeness (QED) is 0.580. The van der Waals surface area contributed by atoms with Crippen molar-refractivity contribution in [3.63, 3.8) is 0 Å². The monoisotopic (exact) mass is 392 g/mol. The minimum atomic E-state index is -0.263. The van der Waals surface area contributed by atoms with Crippen molar-refractivity contribution in [2.75, 3.05) is 12.3 Å². The van der Waals surface area contributed by atoms with E-state index >= 15 is 0 Å². The van der Waals surface area contributed by atoms with Crippen LogP contribution in [0.15, 0.2) is 60.8 Å². The average Bonchev–Trinajstić information content (AvgIpc) is 2.76. The first-order valence-corrected chi connectivity index (χ1v) is 9.38. The number of carbonyl (C=O) groups excluding carboxylic acids is 1. The third-order valence-corrected chi connectivity index (χ3v) is 4.18. The Labute approximate surface area is 169 Å². The Hall–Kier alpha value is -3.45. The van der Waals surface area contributed by atoms with Gasteiger partial charge in [0.1, 0.15) is 12.4 Å². The Balaban J connectivity index is 1.51. The van der Waals surface area contributed by atoms with E-state index in [9.17, 15) is 4.79 Å². The molecule has 7 nitrogen and oxygen atoms in total. The van der Waals surface area contributed by atoms with Gasteiger partial charge in [0.15, 0.2) is 0 Å². The van der Waals surface area contributed by atoms with Crippen LogP contribution in [0.2, 0.25) is 0 Å². The van der Waals surface area contributed by atoms with E-state index in [1.807, 2.05) is 49.4 Å². The van der Waals surface area contributed by atoms with E-state index in [0.29, 0.717) is 43.5 Å². The molecule has 0 atom stereocenters. The predicted octanol–water partition coefficient (Wildman–Crippen LogP) is 3.10. The lowest BCUT2D eigenvalue weighted by Gasteiger charge is -2.10. The lowest BCUT2D eigenvalue weighted by molar-refractivity contribution is 0.0951. The molecule has 2 aromatic heterocycles. The van der Waals surface area contributed by atoms with Crippen molar-refractivity contribution < 1.29 is 14.3 Å². The zero-order valence-electron chi connectivity index (χ0n) is 16.3. The third kappa shape index (κ3) is 6.02. The number of pyridine rings is 2. The molecule has 1 aromatic carbocycles. The van der Waals surface area contributed by atoms with E-state index in [-0.39, 0.29) is 11.7 Å². The second kappa shape index (κ2) is 10.2. The Morgan fingerprint density at radius 2 is 1.83 bits per heavy atom. The summed E-state index contributed by atoms with van der Waals surface area (Å²) in [6.45, 7) is 3.70. The molecule has 2 heterocycles. The van der Waals surface area contributed by atoms with E-state index in [0.717, 1.165) is 11.1 Å². The summed E-state index contributed by atoms with van der Waals surface area (Å²) in [5.41, 5.74) is 8.96. The normalized spacial score (nSPS) is 10.5. The smallest absolute Gasteiger partial charge is 0.255 e. The fourth-order valence-electron chi connectivity index (χ4n) is 2.62. The topological polar surface area (TPSA) is 99.4 Å². The van der Waals surface area contributed by atoms with Crippen LogP contribution in [-0.2, 0) is 24.5 Å². The van der Waals surface area contributed by atoms with Crippen molar-refractivity contribution in [3.05, 3.63) is 83.2 Å². The molecule has 0 saturated carbocycles. The van der Waals surface area contributed by atoms with E-state index in [4.69, 9.17) is 15.2 Å². The van der Waals surface area contributed by atoms with E-state index in [1.54, 1.807) is 18.3 Å². The largest absolute Gasteiger partial charge is 0.473 e. The first kappa shape index (κ1) is 20.3. The highest BCUT2D eigenvalue weighted by Gasteiger charge is 2.11. The van der Waals surface area contributed by atoms with E-state index in [2.05, 4.69) is 15.3 Å². The number of amides is 1. The maximum Gasteiger partial charge on any atom is 0.255 e. The maximum absolute atomic E-state index is 12.4. The first-order chi connectivity index (χ1) is 14.2. The number of hydrogen-bond donors (Lipinski definition) is 2. The number of nitrogen functional groups attached to an aromatic ring is 1. The number of nitrogens with two attached hydrogens (primary N) is 1. The molecule has 0 aliphatic heterocycles. The van der Waals surface area contributed by atoms with E-state index in [1.165, 1.54) is 0 Å². The summed E-state index contributed by atoms with van der Waals surface area (Å²) < 4.78 is 10.9. The van der Waals surface area contributed by atoms with Gasteiger partial charge < -0.3 is 20.5 Å². The molecule has 0 radical (unpaired) electrons. The van der Waals surface area contributed by atoms with Crippen LogP contribution in [0.5, 0.6) is 5.88 Å². The number of anilines is 1. The van der Waals surface area contributed by atoms with Gasteiger partial charge in [-0.05, 0) is 36.2 Å². The first-order valence-electron chi connectivity index (χ1n) is 9.38. The standard InChI is InChI=1S/C22H24N4O3/c1-2-28-15-18-10-11-19(21(23)26-18)22(27)25-13-16-6-8-17(9-7-16)14-29-20-5-3-4-12-24-20/h3-12H,2,13-15H2,1H3,(H2,23,26)(H,25,27). The van der Waals surface area contributed by atoms with Crippen molar-refractivity contribution in [1.29, 1.82) is 0 Å². The number of nitrogens with one attached hydrogen (secondary N) is 1. The van der Waals surface area contributed by atoms with E-state index < -0.39 is 0 Å². The molecule has 0 saturated heterocycles. The fraction of sp³-hybridized carbons (Fsp3) is 0.227. The van der Waals surface area contributed by atoms with Gasteiger partial charge in [-0.2, -0.15) is 0 Å². The van der Waals surface area contributed by atoms with Crippen LogP contribution < -0.4 is 15.8 Å². The number of carbonyl (C=O) groups is 1. The highest BCUT2D eigenvalue weighted by molar-refractivity contribution is 5.98. The summed E-state index contributed by atoms with van der Waals surface area (Å²) >= 11 is 0. The molecule has 0 unspecified atom stereocenters. The number of aromatic nitrogens is 2.